The first-order valence-electron chi connectivity index (χ1n) is 4.99. The summed E-state index contributed by atoms with van der Waals surface area (Å²) in [6, 6.07) is 11.1. The second-order valence-corrected chi connectivity index (χ2v) is 4.27. The van der Waals surface area contributed by atoms with Crippen LogP contribution in [0.15, 0.2) is 24.3 Å². The molecule has 0 amide bonds. The Morgan fingerprint density at radius 3 is 2.44 bits per heavy atom. The molecule has 5 nitrogen and oxygen atoms in total. The lowest BCUT2D eigenvalue weighted by atomic mass is 10.3. The molecule has 1 aromatic heterocycles. The minimum absolute atomic E-state index is 0.151. The van der Waals surface area contributed by atoms with Gasteiger partial charge in [0.2, 0.25) is 0 Å². The maximum Gasteiger partial charge on any atom is 0.189 e. The van der Waals surface area contributed by atoms with Crippen LogP contribution >= 0.6 is 11.3 Å². The molecule has 0 unspecified atom stereocenters. The number of aromatic nitrogens is 1. The van der Waals surface area contributed by atoms with E-state index in [4.69, 9.17) is 15.3 Å². The number of benzene rings is 1. The van der Waals surface area contributed by atoms with Gasteiger partial charge in [-0.2, -0.15) is 10.5 Å². The highest BCUT2D eigenvalue weighted by Gasteiger charge is 2.10. The van der Waals surface area contributed by atoms with Crippen LogP contribution in [0.25, 0.3) is 0 Å². The van der Waals surface area contributed by atoms with Gasteiger partial charge in [0.1, 0.15) is 22.8 Å². The number of ether oxygens (including phenoxy) is 1. The van der Waals surface area contributed by atoms with E-state index in [1.54, 1.807) is 7.11 Å². The maximum atomic E-state index is 8.82. The van der Waals surface area contributed by atoms with E-state index in [2.05, 4.69) is 10.3 Å². The van der Waals surface area contributed by atoms with Crippen molar-refractivity contribution in [3.05, 3.63) is 34.8 Å². The van der Waals surface area contributed by atoms with Crippen LogP contribution in [-0.2, 0) is 0 Å². The minimum atomic E-state index is 0.151. The topological polar surface area (TPSA) is 81.7 Å². The molecule has 0 aliphatic heterocycles. The van der Waals surface area contributed by atoms with Crippen LogP contribution in [-0.4, -0.2) is 12.1 Å². The highest BCUT2D eigenvalue weighted by Crippen LogP contribution is 2.26. The number of hydrogen-bond acceptors (Lipinski definition) is 6. The zero-order valence-electron chi connectivity index (χ0n) is 9.47. The molecule has 2 rings (SSSR count). The number of nitrogens with zero attached hydrogens (tertiary/aromatic N) is 3. The monoisotopic (exact) mass is 256 g/mol. The summed E-state index contributed by atoms with van der Waals surface area (Å²) in [5.74, 6) is 0.759. The number of anilines is 2. The Morgan fingerprint density at radius 2 is 1.94 bits per heavy atom. The van der Waals surface area contributed by atoms with E-state index in [1.165, 1.54) is 0 Å². The van der Waals surface area contributed by atoms with Crippen LogP contribution in [0.4, 0.5) is 10.8 Å². The zero-order valence-corrected chi connectivity index (χ0v) is 10.3. The lowest BCUT2D eigenvalue weighted by Crippen LogP contribution is -1.90. The van der Waals surface area contributed by atoms with Gasteiger partial charge in [-0.1, -0.05) is 11.3 Å². The van der Waals surface area contributed by atoms with Crippen molar-refractivity contribution in [3.8, 4) is 17.9 Å². The molecule has 0 aliphatic carbocycles. The molecule has 88 valence electrons. The molecule has 1 heterocycles. The van der Waals surface area contributed by atoms with Gasteiger partial charge in [-0.3, -0.25) is 0 Å². The van der Waals surface area contributed by atoms with Crippen LogP contribution in [0.1, 0.15) is 10.6 Å². The fourth-order valence-corrected chi connectivity index (χ4v) is 2.06. The summed E-state index contributed by atoms with van der Waals surface area (Å²) in [7, 11) is 1.60. The summed E-state index contributed by atoms with van der Waals surface area (Å²) in [4.78, 5) is 4.34. The first-order chi connectivity index (χ1) is 8.76. The summed E-state index contributed by atoms with van der Waals surface area (Å²) in [6.07, 6.45) is 0. The summed E-state index contributed by atoms with van der Waals surface area (Å²) in [5.41, 5.74) is 0.969. The van der Waals surface area contributed by atoms with Gasteiger partial charge in [-0.25, -0.2) is 4.98 Å². The van der Waals surface area contributed by atoms with Crippen LogP contribution in [0.3, 0.4) is 0 Å². The van der Waals surface area contributed by atoms with Crippen LogP contribution < -0.4 is 10.1 Å². The molecular formula is C12H8N4OS. The molecule has 1 aromatic carbocycles. The number of thiazole rings is 1. The molecule has 0 fully saturated rings. The van der Waals surface area contributed by atoms with Crippen molar-refractivity contribution in [2.75, 3.05) is 12.4 Å². The Bertz CT molecular complexity index is 602. The maximum absolute atomic E-state index is 8.82. The van der Waals surface area contributed by atoms with Crippen molar-refractivity contribution in [1.29, 1.82) is 10.5 Å². The average Bonchev–Trinajstić information content (AvgIpc) is 2.81. The van der Waals surface area contributed by atoms with E-state index < -0.39 is 0 Å². The zero-order chi connectivity index (χ0) is 13.0. The Hall–Kier alpha value is -2.57. The molecule has 0 spiro atoms. The largest absolute Gasteiger partial charge is 0.497 e. The molecule has 0 saturated carbocycles. The number of rotatable bonds is 3. The standard InChI is InChI=1S/C12H8N4OS/c1-17-9-4-2-8(3-5-9)15-12-16-10(6-13)11(7-14)18-12/h2-5H,1H3,(H,15,16). The van der Waals surface area contributed by atoms with Gasteiger partial charge in [-0.05, 0) is 24.3 Å². The van der Waals surface area contributed by atoms with Crippen molar-refractivity contribution in [3.63, 3.8) is 0 Å². The van der Waals surface area contributed by atoms with Crippen LogP contribution in [0.5, 0.6) is 5.75 Å². The SMILES string of the molecule is COc1ccc(Nc2nc(C#N)c(C#N)s2)cc1. The Morgan fingerprint density at radius 1 is 1.22 bits per heavy atom. The van der Waals surface area contributed by atoms with Crippen LogP contribution in [0, 0.1) is 22.7 Å². The summed E-state index contributed by atoms with van der Waals surface area (Å²) < 4.78 is 5.05. The van der Waals surface area contributed by atoms with Gasteiger partial charge >= 0.3 is 0 Å². The second kappa shape index (κ2) is 5.17. The van der Waals surface area contributed by atoms with E-state index in [9.17, 15) is 0 Å². The highest BCUT2D eigenvalue weighted by atomic mass is 32.1. The highest BCUT2D eigenvalue weighted by molar-refractivity contribution is 7.16. The predicted molar refractivity (Wildman–Crippen MR) is 67.8 cm³/mol. The molecule has 0 atom stereocenters. The molecular weight excluding hydrogens is 248 g/mol. The summed E-state index contributed by atoms with van der Waals surface area (Å²) in [6.45, 7) is 0. The second-order valence-electron chi connectivity index (χ2n) is 3.27. The molecule has 18 heavy (non-hydrogen) atoms. The normalized spacial score (nSPS) is 9.28. The quantitative estimate of drug-likeness (QED) is 0.912. The van der Waals surface area contributed by atoms with Crippen molar-refractivity contribution in [1.82, 2.24) is 4.98 Å². The lowest BCUT2D eigenvalue weighted by molar-refractivity contribution is 0.415. The lowest BCUT2D eigenvalue weighted by Gasteiger charge is -2.03. The fourth-order valence-electron chi connectivity index (χ4n) is 1.32. The molecule has 0 bridgehead atoms. The van der Waals surface area contributed by atoms with Crippen molar-refractivity contribution >= 4 is 22.2 Å². The molecule has 0 saturated heterocycles. The first-order valence-corrected chi connectivity index (χ1v) is 5.80. The van der Waals surface area contributed by atoms with E-state index in [-0.39, 0.29) is 5.69 Å². The Labute approximate surface area is 108 Å². The van der Waals surface area contributed by atoms with E-state index in [1.807, 2.05) is 36.4 Å². The smallest absolute Gasteiger partial charge is 0.189 e. The molecule has 0 aliphatic rings. The molecule has 2 aromatic rings. The number of nitrogens with one attached hydrogen (secondary N) is 1. The van der Waals surface area contributed by atoms with E-state index in [0.29, 0.717) is 10.0 Å². The molecule has 6 heteroatoms. The Kier molecular flexibility index (Phi) is 3.42. The minimum Gasteiger partial charge on any atom is -0.497 e. The Balaban J connectivity index is 2.21. The first kappa shape index (κ1) is 11.9. The van der Waals surface area contributed by atoms with Crippen LogP contribution in [0.2, 0.25) is 0 Å². The summed E-state index contributed by atoms with van der Waals surface area (Å²) >= 11 is 1.15. The average molecular weight is 256 g/mol. The third-order valence-corrected chi connectivity index (χ3v) is 3.05. The van der Waals surface area contributed by atoms with Gasteiger partial charge in [0.25, 0.3) is 0 Å². The van der Waals surface area contributed by atoms with Gasteiger partial charge in [-0.15, -0.1) is 0 Å². The van der Waals surface area contributed by atoms with Crippen molar-refractivity contribution < 1.29 is 4.74 Å². The van der Waals surface area contributed by atoms with E-state index in [0.717, 1.165) is 22.8 Å². The number of hydrogen-bond donors (Lipinski definition) is 1. The van der Waals surface area contributed by atoms with E-state index >= 15 is 0 Å². The molecule has 1 N–H and O–H groups in total. The summed E-state index contributed by atoms with van der Waals surface area (Å²) in [5, 5.41) is 21.2. The van der Waals surface area contributed by atoms with Crippen molar-refractivity contribution in [2.24, 2.45) is 0 Å². The van der Waals surface area contributed by atoms with Crippen molar-refractivity contribution in [2.45, 2.75) is 0 Å². The fraction of sp³-hybridized carbons (Fsp3) is 0.0833. The van der Waals surface area contributed by atoms with Gasteiger partial charge < -0.3 is 10.1 Å². The number of nitriles is 2. The predicted octanol–water partition coefficient (Wildman–Crippen LogP) is 2.64. The van der Waals surface area contributed by atoms with Gasteiger partial charge in [0, 0.05) is 5.69 Å². The number of methoxy groups -OCH3 is 1. The third-order valence-electron chi connectivity index (χ3n) is 2.18. The van der Waals surface area contributed by atoms with Gasteiger partial charge in [0.05, 0.1) is 7.11 Å². The molecule has 0 radical (unpaired) electrons. The third kappa shape index (κ3) is 2.40. The van der Waals surface area contributed by atoms with Gasteiger partial charge in [0.15, 0.2) is 10.8 Å².